The van der Waals surface area contributed by atoms with Gasteiger partial charge in [0, 0.05) is 33.1 Å². The van der Waals surface area contributed by atoms with Crippen molar-refractivity contribution in [3.8, 4) is 6.07 Å². The number of hydrogen-bond acceptors (Lipinski definition) is 10. The van der Waals surface area contributed by atoms with Crippen molar-refractivity contribution in [1.82, 2.24) is 9.97 Å². The van der Waals surface area contributed by atoms with Gasteiger partial charge in [-0.05, 0) is 39.5 Å². The average molecular weight is 423 g/mol. The number of ether oxygens (including phenoxy) is 2. The molecule has 10 heteroatoms. The van der Waals surface area contributed by atoms with Crippen LogP contribution in [0.4, 0.5) is 11.6 Å². The minimum absolute atomic E-state index is 0.0422. The highest BCUT2D eigenvalue weighted by Crippen LogP contribution is 2.26. The van der Waals surface area contributed by atoms with E-state index in [1.807, 2.05) is 6.07 Å². The molecule has 1 aliphatic carbocycles. The summed E-state index contributed by atoms with van der Waals surface area (Å²) in [7, 11) is 3.02. The van der Waals surface area contributed by atoms with E-state index in [2.05, 4.69) is 25.3 Å². The maximum absolute atomic E-state index is 9.19. The molecule has 1 aromatic rings. The molecule has 0 spiro atoms. The lowest BCUT2D eigenvalue weighted by atomic mass is 10.2. The molecule has 0 aliphatic heterocycles. The molecule has 10 nitrogen and oxygen atoms in total. The second kappa shape index (κ2) is 13.1. The van der Waals surface area contributed by atoms with Crippen LogP contribution in [0.1, 0.15) is 63.8 Å². The average Bonchev–Trinajstić information content (AvgIpc) is 3.23. The lowest BCUT2D eigenvalue weighted by Gasteiger charge is -2.21. The van der Waals surface area contributed by atoms with Crippen LogP contribution < -0.4 is 10.6 Å². The van der Waals surface area contributed by atoms with Crippen LogP contribution >= 0.6 is 0 Å². The molecule has 0 bridgehead atoms. The third-order valence-electron chi connectivity index (χ3n) is 4.59. The van der Waals surface area contributed by atoms with Gasteiger partial charge in [-0.15, -0.1) is 0 Å². The second-order valence-corrected chi connectivity index (χ2v) is 7.43. The van der Waals surface area contributed by atoms with Gasteiger partial charge in [-0.2, -0.15) is 5.26 Å². The molecule has 2 rings (SSSR count). The molecule has 0 amide bonds. The molecule has 168 valence electrons. The molecule has 30 heavy (non-hydrogen) atoms. The Morgan fingerprint density at radius 3 is 2.37 bits per heavy atom. The summed E-state index contributed by atoms with van der Waals surface area (Å²) in [6.45, 7) is 3.22. The lowest BCUT2D eigenvalue weighted by Crippen LogP contribution is -2.25. The van der Waals surface area contributed by atoms with Crippen molar-refractivity contribution in [1.29, 1.82) is 10.7 Å². The predicted octanol–water partition coefficient (Wildman–Crippen LogP) is 2.22. The van der Waals surface area contributed by atoms with Crippen molar-refractivity contribution in [2.45, 2.75) is 70.4 Å². The largest absolute Gasteiger partial charge is 0.396 e. The summed E-state index contributed by atoms with van der Waals surface area (Å²) in [4.78, 5) is 8.40. The zero-order chi connectivity index (χ0) is 22.6. The molecule has 5 N–H and O–H groups in total. The minimum Gasteiger partial charge on any atom is -0.396 e. The van der Waals surface area contributed by atoms with Gasteiger partial charge < -0.3 is 35.7 Å². The molecule has 1 fully saturated rings. The molecule has 1 unspecified atom stereocenters. The van der Waals surface area contributed by atoms with Crippen LogP contribution in [0.5, 0.6) is 0 Å². The van der Waals surface area contributed by atoms with Gasteiger partial charge in [0.15, 0.2) is 5.79 Å². The zero-order valence-electron chi connectivity index (χ0n) is 18.2. The van der Waals surface area contributed by atoms with E-state index in [4.69, 9.17) is 20.4 Å². The second-order valence-electron chi connectivity index (χ2n) is 7.43. The fraction of sp³-hybridized carbons (Fsp3) is 0.700. The number of rotatable bonds is 10. The maximum atomic E-state index is 9.19. The highest BCUT2D eigenvalue weighted by atomic mass is 16.6. The SMILES string of the molecule is COC(C)(C)O.COC(CCCO)Nc1nc(C#N)nc(NC2CCCC2)c1C=N. The Labute approximate surface area is 178 Å². The van der Waals surface area contributed by atoms with E-state index in [9.17, 15) is 5.26 Å². The Morgan fingerprint density at radius 2 is 1.90 bits per heavy atom. The van der Waals surface area contributed by atoms with E-state index >= 15 is 0 Å². The van der Waals surface area contributed by atoms with Crippen LogP contribution in [0, 0.1) is 16.7 Å². The molecule has 0 radical (unpaired) electrons. The summed E-state index contributed by atoms with van der Waals surface area (Å²) in [5.74, 6) is -0.0228. The first-order valence-corrected chi connectivity index (χ1v) is 10.0. The van der Waals surface area contributed by atoms with Crippen molar-refractivity contribution >= 4 is 17.9 Å². The molecular weight excluding hydrogens is 388 g/mol. The number of aliphatic hydroxyl groups is 2. The van der Waals surface area contributed by atoms with Crippen LogP contribution in [-0.2, 0) is 9.47 Å². The van der Waals surface area contributed by atoms with E-state index in [1.54, 1.807) is 21.0 Å². The van der Waals surface area contributed by atoms with Crippen molar-refractivity contribution in [2.75, 3.05) is 31.5 Å². The Hall–Kier alpha value is -2.32. The lowest BCUT2D eigenvalue weighted by molar-refractivity contribution is -0.155. The Kier molecular flexibility index (Phi) is 11.2. The van der Waals surface area contributed by atoms with Gasteiger partial charge in [0.25, 0.3) is 0 Å². The monoisotopic (exact) mass is 422 g/mol. The number of anilines is 2. The van der Waals surface area contributed by atoms with Crippen LogP contribution in [0.2, 0.25) is 0 Å². The summed E-state index contributed by atoms with van der Waals surface area (Å²) >= 11 is 0. The normalized spacial score (nSPS) is 15.0. The number of nitrogens with zero attached hydrogens (tertiary/aromatic N) is 3. The predicted molar refractivity (Wildman–Crippen MR) is 115 cm³/mol. The van der Waals surface area contributed by atoms with E-state index in [0.717, 1.165) is 12.8 Å². The first-order chi connectivity index (χ1) is 14.3. The first-order valence-electron chi connectivity index (χ1n) is 10.0. The summed E-state index contributed by atoms with van der Waals surface area (Å²) < 4.78 is 9.83. The van der Waals surface area contributed by atoms with Crippen LogP contribution in [0.3, 0.4) is 0 Å². The Morgan fingerprint density at radius 1 is 1.30 bits per heavy atom. The summed E-state index contributed by atoms with van der Waals surface area (Å²) in [5, 5.41) is 40.9. The van der Waals surface area contributed by atoms with Gasteiger partial charge in [-0.3, -0.25) is 0 Å². The van der Waals surface area contributed by atoms with Gasteiger partial charge in [-0.1, -0.05) is 12.8 Å². The number of nitrogens with one attached hydrogen (secondary N) is 3. The highest BCUT2D eigenvalue weighted by molar-refractivity contribution is 5.91. The van der Waals surface area contributed by atoms with Crippen molar-refractivity contribution in [3.05, 3.63) is 11.4 Å². The number of aromatic nitrogens is 2. The van der Waals surface area contributed by atoms with Gasteiger partial charge in [0.05, 0.1) is 5.56 Å². The van der Waals surface area contributed by atoms with E-state index in [1.165, 1.54) is 26.2 Å². The fourth-order valence-corrected chi connectivity index (χ4v) is 2.82. The molecule has 1 aromatic heterocycles. The van der Waals surface area contributed by atoms with Gasteiger partial charge in [0.1, 0.15) is 23.9 Å². The Bertz CT molecular complexity index is 696. The zero-order valence-corrected chi connectivity index (χ0v) is 18.2. The molecule has 1 saturated carbocycles. The van der Waals surface area contributed by atoms with Crippen LogP contribution in [0.15, 0.2) is 0 Å². The van der Waals surface area contributed by atoms with Crippen molar-refractivity contribution in [3.63, 3.8) is 0 Å². The van der Waals surface area contributed by atoms with Crippen molar-refractivity contribution in [2.24, 2.45) is 0 Å². The first kappa shape index (κ1) is 25.7. The summed E-state index contributed by atoms with van der Waals surface area (Å²) in [6, 6.07) is 2.27. The topological polar surface area (TPSA) is 156 Å². The molecule has 0 aromatic carbocycles. The Balaban J connectivity index is 0.000000656. The number of aliphatic hydroxyl groups excluding tert-OH is 1. The fourth-order valence-electron chi connectivity index (χ4n) is 2.82. The molecule has 0 saturated heterocycles. The van der Waals surface area contributed by atoms with Crippen molar-refractivity contribution < 1.29 is 19.7 Å². The molecule has 1 heterocycles. The smallest absolute Gasteiger partial charge is 0.236 e. The van der Waals surface area contributed by atoms with Gasteiger partial charge >= 0.3 is 0 Å². The van der Waals surface area contributed by atoms with E-state index < -0.39 is 5.79 Å². The highest BCUT2D eigenvalue weighted by Gasteiger charge is 2.20. The quantitative estimate of drug-likeness (QED) is 0.282. The number of hydrogen-bond donors (Lipinski definition) is 5. The summed E-state index contributed by atoms with van der Waals surface area (Å²) in [6.07, 6.45) is 6.44. The van der Waals surface area contributed by atoms with Crippen LogP contribution in [-0.4, -0.2) is 65.3 Å². The van der Waals surface area contributed by atoms with Gasteiger partial charge in [0.2, 0.25) is 5.82 Å². The third kappa shape index (κ3) is 9.00. The standard InChI is InChI=1S/C16H24N6O2.C4H10O2/c1-24-14(7-4-8-23)22-16-12(9-17)15(20-13(10-18)21-16)19-11-5-2-3-6-11;1-4(2,5)6-3/h9,11,14,17,23H,2-8H2,1H3,(H2,19,20,21,22);5H,1-3H3. The van der Waals surface area contributed by atoms with Crippen LogP contribution in [0.25, 0.3) is 0 Å². The third-order valence-corrected chi connectivity index (χ3v) is 4.59. The van der Waals surface area contributed by atoms with E-state index in [-0.39, 0.29) is 18.7 Å². The summed E-state index contributed by atoms with van der Waals surface area (Å²) in [5.41, 5.74) is 0.506. The minimum atomic E-state index is -0.958. The van der Waals surface area contributed by atoms with Gasteiger partial charge in [-0.25, -0.2) is 9.97 Å². The molecule has 1 atom stereocenters. The maximum Gasteiger partial charge on any atom is 0.236 e. The number of methoxy groups -OCH3 is 2. The number of nitriles is 1. The molecular formula is C20H34N6O4. The molecule has 1 aliphatic rings. The van der Waals surface area contributed by atoms with E-state index in [0.29, 0.717) is 36.1 Å².